The molecule has 0 aliphatic heterocycles. The third kappa shape index (κ3) is 1.32. The van der Waals surface area contributed by atoms with Crippen LogP contribution in [0.4, 0.5) is 0 Å². The predicted octanol–water partition coefficient (Wildman–Crippen LogP) is 1.00. The zero-order valence-corrected chi connectivity index (χ0v) is 7.54. The third-order valence-electron chi connectivity index (χ3n) is 2.52. The third-order valence-corrected chi connectivity index (χ3v) is 2.52. The van der Waals surface area contributed by atoms with Crippen molar-refractivity contribution in [3.63, 3.8) is 0 Å². The first-order chi connectivity index (χ1) is 6.33. The Hall–Kier alpha value is -1.32. The maximum absolute atomic E-state index is 11.4. The number of nitrogens with zero attached hydrogens (tertiary/aromatic N) is 1. The van der Waals surface area contributed by atoms with Gasteiger partial charge in [0, 0.05) is 0 Å². The fourth-order valence-corrected chi connectivity index (χ4v) is 1.84. The second-order valence-corrected chi connectivity index (χ2v) is 3.28. The second-order valence-electron chi connectivity index (χ2n) is 3.28. The zero-order valence-electron chi connectivity index (χ0n) is 7.54. The molecule has 4 heteroatoms. The van der Waals surface area contributed by atoms with Crippen LogP contribution in [0.15, 0.2) is 6.20 Å². The van der Waals surface area contributed by atoms with E-state index >= 15 is 0 Å². The molecule has 0 radical (unpaired) electrons. The van der Waals surface area contributed by atoms with E-state index in [4.69, 9.17) is 4.74 Å². The molecule has 0 saturated carbocycles. The van der Waals surface area contributed by atoms with Gasteiger partial charge in [-0.1, -0.05) is 0 Å². The summed E-state index contributed by atoms with van der Waals surface area (Å²) in [5, 5.41) is 6.81. The average molecular weight is 180 g/mol. The molecule has 13 heavy (non-hydrogen) atoms. The minimum absolute atomic E-state index is 0.128. The number of hydrogen-bond acceptors (Lipinski definition) is 3. The maximum atomic E-state index is 11.4. The number of methoxy groups -OCH3 is 1. The number of carbonyl (C=O) groups excluding carboxylic acids is 1. The van der Waals surface area contributed by atoms with Crippen molar-refractivity contribution in [3.05, 3.63) is 17.5 Å². The summed E-state index contributed by atoms with van der Waals surface area (Å²) in [5.41, 5.74) is 2.10. The van der Waals surface area contributed by atoms with Crippen LogP contribution in [0.5, 0.6) is 0 Å². The van der Waals surface area contributed by atoms with Crippen LogP contribution in [-0.4, -0.2) is 23.3 Å². The summed E-state index contributed by atoms with van der Waals surface area (Å²) in [7, 11) is 1.42. The second kappa shape index (κ2) is 3.20. The van der Waals surface area contributed by atoms with E-state index in [9.17, 15) is 4.79 Å². The van der Waals surface area contributed by atoms with E-state index in [0.29, 0.717) is 0 Å². The van der Waals surface area contributed by atoms with E-state index in [0.717, 1.165) is 30.5 Å². The molecule has 2 rings (SSSR count). The normalized spacial score (nSPS) is 20.8. The van der Waals surface area contributed by atoms with Gasteiger partial charge in [0.1, 0.15) is 0 Å². The minimum atomic E-state index is -0.162. The standard InChI is InChI=1S/C9H12N2O2/c1-13-9(12)7-4-2-3-6-5-10-11-8(6)7/h5,7H,2-4H2,1H3,(H,10,11). The molecule has 0 aromatic carbocycles. The van der Waals surface area contributed by atoms with Gasteiger partial charge in [0.25, 0.3) is 0 Å². The number of nitrogens with one attached hydrogen (secondary N) is 1. The molecule has 1 aliphatic carbocycles. The Morgan fingerprint density at radius 1 is 1.77 bits per heavy atom. The van der Waals surface area contributed by atoms with Gasteiger partial charge in [0.15, 0.2) is 0 Å². The largest absolute Gasteiger partial charge is 0.469 e. The van der Waals surface area contributed by atoms with Gasteiger partial charge < -0.3 is 4.74 Å². The summed E-state index contributed by atoms with van der Waals surface area (Å²) >= 11 is 0. The molecule has 1 heterocycles. The molecular formula is C9H12N2O2. The topological polar surface area (TPSA) is 55.0 Å². The van der Waals surface area contributed by atoms with E-state index < -0.39 is 0 Å². The van der Waals surface area contributed by atoms with Crippen LogP contribution >= 0.6 is 0 Å². The molecule has 0 saturated heterocycles. The Balaban J connectivity index is 2.30. The van der Waals surface area contributed by atoms with Crippen LogP contribution in [-0.2, 0) is 16.0 Å². The van der Waals surface area contributed by atoms with Crippen molar-refractivity contribution < 1.29 is 9.53 Å². The summed E-state index contributed by atoms with van der Waals surface area (Å²) in [6, 6.07) is 0. The molecule has 1 atom stereocenters. The Bertz CT molecular complexity index is 319. The lowest BCUT2D eigenvalue weighted by Gasteiger charge is -2.18. The van der Waals surface area contributed by atoms with Crippen LogP contribution in [0.25, 0.3) is 0 Å². The number of H-pyrrole nitrogens is 1. The highest BCUT2D eigenvalue weighted by atomic mass is 16.5. The van der Waals surface area contributed by atoms with Crippen molar-refractivity contribution in [3.8, 4) is 0 Å². The highest BCUT2D eigenvalue weighted by molar-refractivity contribution is 5.78. The Morgan fingerprint density at radius 3 is 3.38 bits per heavy atom. The van der Waals surface area contributed by atoms with Crippen molar-refractivity contribution in [1.29, 1.82) is 0 Å². The van der Waals surface area contributed by atoms with E-state index in [1.807, 2.05) is 0 Å². The van der Waals surface area contributed by atoms with Gasteiger partial charge in [-0.25, -0.2) is 0 Å². The molecule has 1 N–H and O–H groups in total. The monoisotopic (exact) mass is 180 g/mol. The molecule has 70 valence electrons. The first kappa shape index (κ1) is 8.29. The summed E-state index contributed by atoms with van der Waals surface area (Å²) in [6.45, 7) is 0. The minimum Gasteiger partial charge on any atom is -0.469 e. The van der Waals surface area contributed by atoms with Crippen LogP contribution in [0, 0.1) is 0 Å². The lowest BCUT2D eigenvalue weighted by atomic mass is 9.88. The lowest BCUT2D eigenvalue weighted by molar-refractivity contribution is -0.142. The first-order valence-corrected chi connectivity index (χ1v) is 4.43. The van der Waals surface area contributed by atoms with Gasteiger partial charge in [0.05, 0.1) is 24.9 Å². The molecule has 1 unspecified atom stereocenters. The average Bonchev–Trinajstić information content (AvgIpc) is 2.63. The van der Waals surface area contributed by atoms with Gasteiger partial charge in [-0.2, -0.15) is 5.10 Å². The molecule has 0 bridgehead atoms. The Kier molecular flexibility index (Phi) is 2.04. The van der Waals surface area contributed by atoms with Crippen LogP contribution in [0.3, 0.4) is 0 Å². The fourth-order valence-electron chi connectivity index (χ4n) is 1.84. The van der Waals surface area contributed by atoms with Crippen LogP contribution in [0.1, 0.15) is 30.0 Å². The Labute approximate surface area is 76.3 Å². The smallest absolute Gasteiger partial charge is 0.314 e. The Morgan fingerprint density at radius 2 is 2.62 bits per heavy atom. The predicted molar refractivity (Wildman–Crippen MR) is 46.3 cm³/mol. The summed E-state index contributed by atoms with van der Waals surface area (Å²) in [6.07, 6.45) is 4.71. The number of fused-ring (bicyclic) bond motifs is 1. The van der Waals surface area contributed by atoms with Crippen molar-refractivity contribution in [1.82, 2.24) is 10.2 Å². The van der Waals surface area contributed by atoms with E-state index in [2.05, 4.69) is 10.2 Å². The summed E-state index contributed by atoms with van der Waals surface area (Å²) in [4.78, 5) is 11.4. The van der Waals surface area contributed by atoms with Crippen LogP contribution in [0.2, 0.25) is 0 Å². The van der Waals surface area contributed by atoms with Gasteiger partial charge in [-0.3, -0.25) is 9.89 Å². The molecule has 1 aliphatic rings. The fraction of sp³-hybridized carbons (Fsp3) is 0.556. The van der Waals surface area contributed by atoms with Gasteiger partial charge in [0.2, 0.25) is 0 Å². The van der Waals surface area contributed by atoms with Crippen molar-refractivity contribution >= 4 is 5.97 Å². The van der Waals surface area contributed by atoms with E-state index in [1.165, 1.54) is 7.11 Å². The molecule has 0 spiro atoms. The van der Waals surface area contributed by atoms with E-state index in [-0.39, 0.29) is 11.9 Å². The molecule has 0 amide bonds. The van der Waals surface area contributed by atoms with Gasteiger partial charge in [-0.15, -0.1) is 0 Å². The lowest BCUT2D eigenvalue weighted by Crippen LogP contribution is -2.19. The number of rotatable bonds is 1. The van der Waals surface area contributed by atoms with Crippen molar-refractivity contribution in [2.45, 2.75) is 25.2 Å². The summed E-state index contributed by atoms with van der Waals surface area (Å²) < 4.78 is 4.73. The highest BCUT2D eigenvalue weighted by Crippen LogP contribution is 2.30. The number of hydrogen-bond donors (Lipinski definition) is 1. The van der Waals surface area contributed by atoms with Crippen molar-refractivity contribution in [2.24, 2.45) is 0 Å². The number of aryl methyl sites for hydroxylation is 1. The number of aromatic nitrogens is 2. The first-order valence-electron chi connectivity index (χ1n) is 4.43. The van der Waals surface area contributed by atoms with Gasteiger partial charge in [-0.05, 0) is 24.8 Å². The number of aromatic amines is 1. The molecule has 1 aromatic heterocycles. The van der Waals surface area contributed by atoms with Crippen LogP contribution < -0.4 is 0 Å². The number of carbonyl (C=O) groups is 1. The zero-order chi connectivity index (χ0) is 9.26. The number of ether oxygens (including phenoxy) is 1. The van der Waals surface area contributed by atoms with Gasteiger partial charge >= 0.3 is 5.97 Å². The molecular weight excluding hydrogens is 168 g/mol. The van der Waals surface area contributed by atoms with E-state index in [1.54, 1.807) is 6.20 Å². The number of esters is 1. The maximum Gasteiger partial charge on any atom is 0.314 e. The SMILES string of the molecule is COC(=O)C1CCCc2cn[nH]c21. The summed E-state index contributed by atoms with van der Waals surface area (Å²) in [5.74, 6) is -0.290. The molecule has 4 nitrogen and oxygen atoms in total. The van der Waals surface area contributed by atoms with Crippen molar-refractivity contribution in [2.75, 3.05) is 7.11 Å². The molecule has 0 fully saturated rings. The quantitative estimate of drug-likeness (QED) is 0.656. The molecule has 1 aromatic rings. The highest BCUT2D eigenvalue weighted by Gasteiger charge is 2.28.